The Morgan fingerprint density at radius 3 is 2.63 bits per heavy atom. The fraction of sp³-hybridized carbons (Fsp3) is 0.0435. The number of nitrogens with one attached hydrogen (secondary N) is 1. The second kappa shape index (κ2) is 8.91. The van der Waals surface area contributed by atoms with E-state index in [9.17, 15) is 4.79 Å². The Balaban J connectivity index is 1.57. The Morgan fingerprint density at radius 1 is 1.07 bits per heavy atom. The molecule has 0 fully saturated rings. The van der Waals surface area contributed by atoms with Crippen molar-refractivity contribution in [2.45, 2.75) is 5.03 Å². The zero-order valence-corrected chi connectivity index (χ0v) is 17.6. The van der Waals surface area contributed by atoms with E-state index >= 15 is 0 Å². The van der Waals surface area contributed by atoms with Crippen LogP contribution in [0.2, 0.25) is 0 Å². The Bertz CT molecular complexity index is 1260. The highest BCUT2D eigenvalue weighted by molar-refractivity contribution is 7.98. The third-order valence-corrected chi connectivity index (χ3v) is 5.89. The first-order valence-electron chi connectivity index (χ1n) is 9.05. The summed E-state index contributed by atoms with van der Waals surface area (Å²) in [5, 5.41) is 15.1. The molecule has 1 amide bonds. The van der Waals surface area contributed by atoms with E-state index in [0.29, 0.717) is 21.3 Å². The number of pyridine rings is 1. The van der Waals surface area contributed by atoms with E-state index in [2.05, 4.69) is 21.4 Å². The number of carbonyl (C=O) groups excluding carboxylic acids is 1. The van der Waals surface area contributed by atoms with Crippen LogP contribution in [0.15, 0.2) is 77.3 Å². The first-order valence-corrected chi connectivity index (χ1v) is 11.2. The Labute approximate surface area is 182 Å². The summed E-state index contributed by atoms with van der Waals surface area (Å²) in [5.74, 6) is -0.226. The van der Waals surface area contributed by atoms with Crippen molar-refractivity contribution >= 4 is 34.1 Å². The molecule has 5 nitrogen and oxygen atoms in total. The van der Waals surface area contributed by atoms with Crippen molar-refractivity contribution in [2.75, 3.05) is 11.6 Å². The van der Waals surface area contributed by atoms with E-state index in [-0.39, 0.29) is 5.91 Å². The molecule has 2 heterocycles. The standard InChI is InChI=1S/C23H16N4OS2/c1-29-22-19(9-4-10-25-22)21(28)27-23-26-20(14-30-23)18-8-3-7-17(12-18)16-6-2-5-15(11-16)13-24/h2-12,14H,1H3,(H,26,27,28). The fourth-order valence-electron chi connectivity index (χ4n) is 2.98. The molecule has 0 atom stereocenters. The molecule has 0 radical (unpaired) electrons. The summed E-state index contributed by atoms with van der Waals surface area (Å²) < 4.78 is 0. The molecule has 0 aliphatic carbocycles. The monoisotopic (exact) mass is 428 g/mol. The smallest absolute Gasteiger partial charge is 0.260 e. The van der Waals surface area contributed by atoms with Crippen LogP contribution in [0.1, 0.15) is 15.9 Å². The van der Waals surface area contributed by atoms with E-state index < -0.39 is 0 Å². The maximum Gasteiger partial charge on any atom is 0.260 e. The number of benzene rings is 2. The molecule has 146 valence electrons. The quantitative estimate of drug-likeness (QED) is 0.411. The second-order valence-electron chi connectivity index (χ2n) is 6.33. The number of aromatic nitrogens is 2. The lowest BCUT2D eigenvalue weighted by Gasteiger charge is -2.06. The van der Waals surface area contributed by atoms with Crippen LogP contribution in [0.25, 0.3) is 22.4 Å². The minimum absolute atomic E-state index is 0.226. The van der Waals surface area contributed by atoms with Gasteiger partial charge in [-0.05, 0) is 47.7 Å². The van der Waals surface area contributed by atoms with E-state index in [1.54, 1.807) is 24.4 Å². The van der Waals surface area contributed by atoms with Crippen LogP contribution in [0, 0.1) is 11.3 Å². The third-order valence-electron chi connectivity index (χ3n) is 4.42. The Kier molecular flexibility index (Phi) is 5.89. The molecular formula is C23H16N4OS2. The number of nitrogens with zero attached hydrogens (tertiary/aromatic N) is 3. The molecule has 2 aromatic heterocycles. The number of anilines is 1. The number of hydrogen-bond donors (Lipinski definition) is 1. The fourth-order valence-corrected chi connectivity index (χ4v) is 4.24. The minimum atomic E-state index is -0.226. The maximum atomic E-state index is 12.6. The topological polar surface area (TPSA) is 78.7 Å². The lowest BCUT2D eigenvalue weighted by molar-refractivity contribution is 0.102. The molecule has 0 saturated carbocycles. The van der Waals surface area contributed by atoms with Gasteiger partial charge in [-0.1, -0.05) is 30.3 Å². The molecule has 4 rings (SSSR count). The van der Waals surface area contributed by atoms with Gasteiger partial charge in [0.2, 0.25) is 0 Å². The van der Waals surface area contributed by atoms with E-state index in [1.165, 1.54) is 23.1 Å². The van der Waals surface area contributed by atoms with Crippen LogP contribution in [0.4, 0.5) is 5.13 Å². The van der Waals surface area contributed by atoms with Crippen LogP contribution in [0.3, 0.4) is 0 Å². The summed E-state index contributed by atoms with van der Waals surface area (Å²) in [7, 11) is 0. The van der Waals surface area contributed by atoms with Gasteiger partial charge in [-0.3, -0.25) is 10.1 Å². The van der Waals surface area contributed by atoms with E-state index in [1.807, 2.05) is 54.1 Å². The summed E-state index contributed by atoms with van der Waals surface area (Å²) >= 11 is 2.80. The van der Waals surface area contributed by atoms with Crippen LogP contribution in [0.5, 0.6) is 0 Å². The summed E-state index contributed by atoms with van der Waals surface area (Å²) in [5.41, 5.74) is 4.85. The molecule has 7 heteroatoms. The molecule has 4 aromatic rings. The van der Waals surface area contributed by atoms with Crippen LogP contribution in [-0.4, -0.2) is 22.1 Å². The molecular weight excluding hydrogens is 412 g/mol. The predicted molar refractivity (Wildman–Crippen MR) is 122 cm³/mol. The zero-order valence-electron chi connectivity index (χ0n) is 16.0. The minimum Gasteiger partial charge on any atom is -0.298 e. The van der Waals surface area contributed by atoms with Gasteiger partial charge in [0.25, 0.3) is 5.91 Å². The number of hydrogen-bond acceptors (Lipinski definition) is 6. The number of rotatable bonds is 5. The van der Waals surface area contributed by atoms with Crippen LogP contribution < -0.4 is 5.32 Å². The average Bonchev–Trinajstić information content (AvgIpc) is 3.27. The Hall–Kier alpha value is -3.47. The average molecular weight is 429 g/mol. The molecule has 30 heavy (non-hydrogen) atoms. The van der Waals surface area contributed by atoms with Gasteiger partial charge in [0, 0.05) is 17.1 Å². The Morgan fingerprint density at radius 2 is 1.83 bits per heavy atom. The lowest BCUT2D eigenvalue weighted by atomic mass is 10.0. The van der Waals surface area contributed by atoms with Gasteiger partial charge in [-0.25, -0.2) is 9.97 Å². The van der Waals surface area contributed by atoms with Crippen molar-refractivity contribution in [3.05, 3.63) is 83.4 Å². The van der Waals surface area contributed by atoms with Crippen molar-refractivity contribution in [2.24, 2.45) is 0 Å². The molecule has 0 saturated heterocycles. The maximum absolute atomic E-state index is 12.6. The van der Waals surface area contributed by atoms with Gasteiger partial charge in [0.1, 0.15) is 5.03 Å². The molecule has 1 N–H and O–H groups in total. The molecule has 0 bridgehead atoms. The third kappa shape index (κ3) is 4.25. The number of nitriles is 1. The van der Waals surface area contributed by atoms with Gasteiger partial charge < -0.3 is 0 Å². The highest BCUT2D eigenvalue weighted by atomic mass is 32.2. The van der Waals surface area contributed by atoms with Crippen molar-refractivity contribution in [1.29, 1.82) is 5.26 Å². The molecule has 0 aliphatic rings. The van der Waals surface area contributed by atoms with Crippen LogP contribution in [-0.2, 0) is 0 Å². The van der Waals surface area contributed by atoms with Gasteiger partial charge in [-0.15, -0.1) is 23.1 Å². The lowest BCUT2D eigenvalue weighted by Crippen LogP contribution is -2.13. The summed E-state index contributed by atoms with van der Waals surface area (Å²) in [6.07, 6.45) is 3.56. The highest BCUT2D eigenvalue weighted by Gasteiger charge is 2.14. The van der Waals surface area contributed by atoms with Crippen molar-refractivity contribution in [3.8, 4) is 28.5 Å². The van der Waals surface area contributed by atoms with Gasteiger partial charge >= 0.3 is 0 Å². The summed E-state index contributed by atoms with van der Waals surface area (Å²) in [6.45, 7) is 0. The summed E-state index contributed by atoms with van der Waals surface area (Å²) in [6, 6.07) is 21.1. The van der Waals surface area contributed by atoms with Crippen LogP contribution >= 0.6 is 23.1 Å². The van der Waals surface area contributed by atoms with Gasteiger partial charge in [0.05, 0.1) is 22.9 Å². The molecule has 0 aliphatic heterocycles. The number of thioether (sulfide) groups is 1. The number of carbonyl (C=O) groups is 1. The van der Waals surface area contributed by atoms with Crippen molar-refractivity contribution in [3.63, 3.8) is 0 Å². The zero-order chi connectivity index (χ0) is 20.9. The largest absolute Gasteiger partial charge is 0.298 e. The highest BCUT2D eigenvalue weighted by Crippen LogP contribution is 2.29. The summed E-state index contributed by atoms with van der Waals surface area (Å²) in [4.78, 5) is 21.4. The van der Waals surface area contributed by atoms with Crippen molar-refractivity contribution < 1.29 is 4.79 Å². The normalized spacial score (nSPS) is 10.4. The molecule has 0 spiro atoms. The van der Waals surface area contributed by atoms with E-state index in [4.69, 9.17) is 5.26 Å². The number of thiazole rings is 1. The SMILES string of the molecule is CSc1ncccc1C(=O)Nc1nc(-c2cccc(-c3cccc(C#N)c3)c2)cs1. The predicted octanol–water partition coefficient (Wildman–Crippen LogP) is 5.72. The number of amides is 1. The first kappa shape index (κ1) is 19.8. The molecule has 0 unspecified atom stereocenters. The first-order chi connectivity index (χ1) is 14.7. The second-order valence-corrected chi connectivity index (χ2v) is 7.98. The van der Waals surface area contributed by atoms with E-state index in [0.717, 1.165) is 22.4 Å². The van der Waals surface area contributed by atoms with Crippen molar-refractivity contribution in [1.82, 2.24) is 9.97 Å². The van der Waals surface area contributed by atoms with Gasteiger partial charge in [-0.2, -0.15) is 5.26 Å². The van der Waals surface area contributed by atoms with Gasteiger partial charge in [0.15, 0.2) is 5.13 Å². The molecule has 2 aromatic carbocycles.